The molecule has 0 saturated heterocycles. The normalized spacial score (nSPS) is 12.4. The van der Waals surface area contributed by atoms with Crippen LogP contribution in [0.4, 0.5) is 4.39 Å². The Bertz CT molecular complexity index is 901. The van der Waals surface area contributed by atoms with Gasteiger partial charge in [-0.15, -0.1) is 6.42 Å². The van der Waals surface area contributed by atoms with Crippen molar-refractivity contribution in [1.82, 2.24) is 0 Å². The zero-order valence-electron chi connectivity index (χ0n) is 19.3. The topological polar surface area (TPSA) is 21.6 Å². The summed E-state index contributed by atoms with van der Waals surface area (Å²) >= 11 is 0. The van der Waals surface area contributed by atoms with Gasteiger partial charge in [0.05, 0.1) is 11.5 Å². The van der Waals surface area contributed by atoms with Gasteiger partial charge < -0.3 is 4.74 Å². The molecular weight excluding hydrogens is 373 g/mol. The predicted molar refractivity (Wildman–Crippen MR) is 130 cm³/mol. The summed E-state index contributed by atoms with van der Waals surface area (Å²) in [7, 11) is 0. The van der Waals surface area contributed by atoms with Gasteiger partial charge in [0.15, 0.2) is 0 Å². The van der Waals surface area contributed by atoms with E-state index in [1.807, 2.05) is 39.8 Å². The Kier molecular flexibility index (Phi) is 13.3. The van der Waals surface area contributed by atoms with Crippen molar-refractivity contribution in [3.63, 3.8) is 0 Å². The molecular formula is C27H34FNO. The lowest BCUT2D eigenvalue weighted by Gasteiger charge is -2.06. The van der Waals surface area contributed by atoms with Crippen molar-refractivity contribution in [2.45, 2.75) is 48.5 Å². The maximum absolute atomic E-state index is 12.7. The number of rotatable bonds is 7. The average molecular weight is 408 g/mol. The summed E-state index contributed by atoms with van der Waals surface area (Å²) in [5, 5.41) is 0. The standard InChI is InChI=1S/C14H20FNO.C13H14/c1-6-13(15)9-8-12(5)17-10-14(7-2)16-11(3)4;1-5-12(6-2)13-8-7-10(3)9-11(13)4/h6-9H,1,10H2,2-5H3;1,6-9H,2-4H3/b12-8+,13-9+,14-7-;12-6+. The molecule has 0 amide bonds. The second-order valence-electron chi connectivity index (χ2n) is 6.83. The number of ether oxygens (including phenoxy) is 1. The Morgan fingerprint density at radius 1 is 1.17 bits per heavy atom. The van der Waals surface area contributed by atoms with Gasteiger partial charge in [0.1, 0.15) is 12.4 Å². The van der Waals surface area contributed by atoms with Crippen LogP contribution in [0.25, 0.3) is 5.57 Å². The Labute approximate surface area is 182 Å². The van der Waals surface area contributed by atoms with Crippen molar-refractivity contribution in [2.75, 3.05) is 6.61 Å². The summed E-state index contributed by atoms with van der Waals surface area (Å²) in [4.78, 5) is 4.30. The van der Waals surface area contributed by atoms with Crippen molar-refractivity contribution >= 4 is 11.3 Å². The van der Waals surface area contributed by atoms with E-state index >= 15 is 0 Å². The van der Waals surface area contributed by atoms with Crippen LogP contribution in [0.5, 0.6) is 0 Å². The molecule has 3 heteroatoms. The number of aryl methyl sites for hydroxylation is 2. The molecule has 0 unspecified atom stereocenters. The predicted octanol–water partition coefficient (Wildman–Crippen LogP) is 7.67. The zero-order valence-corrected chi connectivity index (χ0v) is 19.3. The van der Waals surface area contributed by atoms with E-state index in [1.165, 1.54) is 17.2 Å². The second-order valence-corrected chi connectivity index (χ2v) is 6.83. The van der Waals surface area contributed by atoms with Crippen molar-refractivity contribution in [1.29, 1.82) is 0 Å². The van der Waals surface area contributed by atoms with Gasteiger partial charge in [0.25, 0.3) is 0 Å². The summed E-state index contributed by atoms with van der Waals surface area (Å²) < 4.78 is 18.2. The minimum atomic E-state index is -0.387. The van der Waals surface area contributed by atoms with Gasteiger partial charge >= 0.3 is 0 Å². The zero-order chi connectivity index (χ0) is 23.1. The van der Waals surface area contributed by atoms with Gasteiger partial charge in [0.2, 0.25) is 0 Å². The molecule has 0 bridgehead atoms. The van der Waals surface area contributed by atoms with Gasteiger partial charge in [-0.05, 0) is 77.8 Å². The van der Waals surface area contributed by atoms with Crippen LogP contribution in [0.15, 0.2) is 77.4 Å². The molecule has 1 aromatic rings. The minimum absolute atomic E-state index is 0.383. The molecule has 0 aliphatic rings. The molecule has 160 valence electrons. The summed E-state index contributed by atoms with van der Waals surface area (Å²) in [5.74, 6) is 2.93. The fraction of sp³-hybridized carbons (Fsp3) is 0.296. The minimum Gasteiger partial charge on any atom is -0.492 e. The van der Waals surface area contributed by atoms with Crippen molar-refractivity contribution < 1.29 is 9.13 Å². The van der Waals surface area contributed by atoms with E-state index in [9.17, 15) is 4.39 Å². The molecule has 0 aromatic heterocycles. The van der Waals surface area contributed by atoms with Gasteiger partial charge in [0, 0.05) is 11.3 Å². The second kappa shape index (κ2) is 14.8. The molecule has 0 spiro atoms. The molecule has 0 aliphatic carbocycles. The first kappa shape index (κ1) is 26.9. The van der Waals surface area contributed by atoms with Crippen LogP contribution in [0.2, 0.25) is 0 Å². The molecule has 2 nitrogen and oxygen atoms in total. The number of terminal acetylenes is 1. The summed E-state index contributed by atoms with van der Waals surface area (Å²) in [6.45, 7) is 17.4. The summed E-state index contributed by atoms with van der Waals surface area (Å²) in [6, 6.07) is 6.32. The number of aliphatic imine (C=N–C) groups is 1. The molecule has 0 radical (unpaired) electrons. The maximum atomic E-state index is 12.7. The quantitative estimate of drug-likeness (QED) is 0.197. The SMILES string of the molecule is C#C/C(=C\C)c1ccc(C)cc1C.C=C/C(F)=C\C=C(/C)OC/C(=C/C)N=C(C)C. The van der Waals surface area contributed by atoms with Gasteiger partial charge in [-0.2, -0.15) is 0 Å². The highest BCUT2D eigenvalue weighted by Gasteiger charge is 2.00. The fourth-order valence-corrected chi connectivity index (χ4v) is 2.40. The molecule has 0 aliphatic heterocycles. The van der Waals surface area contributed by atoms with Crippen LogP contribution in [0, 0.1) is 26.2 Å². The lowest BCUT2D eigenvalue weighted by molar-refractivity contribution is 0.240. The summed E-state index contributed by atoms with van der Waals surface area (Å²) in [6.07, 6.45) is 13.3. The molecule has 1 aromatic carbocycles. The van der Waals surface area contributed by atoms with Crippen LogP contribution in [-0.4, -0.2) is 12.3 Å². The lowest BCUT2D eigenvalue weighted by Crippen LogP contribution is -1.96. The summed E-state index contributed by atoms with van der Waals surface area (Å²) in [5.41, 5.74) is 6.47. The molecule has 0 heterocycles. The molecule has 30 heavy (non-hydrogen) atoms. The monoisotopic (exact) mass is 407 g/mol. The molecule has 0 atom stereocenters. The van der Waals surface area contributed by atoms with Crippen LogP contribution in [0.1, 0.15) is 51.3 Å². The maximum Gasteiger partial charge on any atom is 0.129 e. The first-order valence-corrected chi connectivity index (χ1v) is 9.85. The fourth-order valence-electron chi connectivity index (χ4n) is 2.40. The number of hydrogen-bond donors (Lipinski definition) is 0. The Hall–Kier alpha value is -3.12. The first-order valence-electron chi connectivity index (χ1n) is 9.85. The van der Waals surface area contributed by atoms with E-state index in [1.54, 1.807) is 13.0 Å². The highest BCUT2D eigenvalue weighted by atomic mass is 19.1. The number of nitrogens with zero attached hydrogens (tertiary/aromatic N) is 1. The molecule has 0 fully saturated rings. The Morgan fingerprint density at radius 2 is 1.83 bits per heavy atom. The van der Waals surface area contributed by atoms with E-state index in [0.717, 1.165) is 28.6 Å². The average Bonchev–Trinajstić information content (AvgIpc) is 2.71. The third-order valence-corrected chi connectivity index (χ3v) is 3.94. The van der Waals surface area contributed by atoms with Crippen LogP contribution in [-0.2, 0) is 4.74 Å². The highest BCUT2D eigenvalue weighted by Crippen LogP contribution is 2.19. The van der Waals surface area contributed by atoms with E-state index in [2.05, 4.69) is 49.5 Å². The largest absolute Gasteiger partial charge is 0.492 e. The third-order valence-electron chi connectivity index (χ3n) is 3.94. The number of hydrogen-bond acceptors (Lipinski definition) is 2. The van der Waals surface area contributed by atoms with E-state index in [-0.39, 0.29) is 5.83 Å². The molecule has 0 saturated carbocycles. The number of allylic oxidation sites excluding steroid dienone is 8. The van der Waals surface area contributed by atoms with E-state index in [0.29, 0.717) is 12.4 Å². The number of halogens is 1. The lowest BCUT2D eigenvalue weighted by atomic mass is 9.99. The molecule has 0 N–H and O–H groups in total. The van der Waals surface area contributed by atoms with Crippen molar-refractivity contribution in [3.05, 3.63) is 89.1 Å². The van der Waals surface area contributed by atoms with Crippen LogP contribution < -0.4 is 0 Å². The number of benzene rings is 1. The van der Waals surface area contributed by atoms with Gasteiger partial charge in [-0.25, -0.2) is 4.39 Å². The smallest absolute Gasteiger partial charge is 0.129 e. The molecule has 1 rings (SSSR count). The van der Waals surface area contributed by atoms with E-state index in [4.69, 9.17) is 11.2 Å². The van der Waals surface area contributed by atoms with Crippen LogP contribution in [0.3, 0.4) is 0 Å². The Balaban J connectivity index is 0.000000579. The van der Waals surface area contributed by atoms with Crippen LogP contribution >= 0.6 is 0 Å². The van der Waals surface area contributed by atoms with Crippen molar-refractivity contribution in [3.8, 4) is 12.3 Å². The highest BCUT2D eigenvalue weighted by molar-refractivity contribution is 5.80. The third kappa shape index (κ3) is 11.0. The van der Waals surface area contributed by atoms with Crippen molar-refractivity contribution in [2.24, 2.45) is 4.99 Å². The van der Waals surface area contributed by atoms with E-state index < -0.39 is 0 Å². The van der Waals surface area contributed by atoms with Gasteiger partial charge in [-0.3, -0.25) is 4.99 Å². The van der Waals surface area contributed by atoms with Gasteiger partial charge in [-0.1, -0.05) is 48.4 Å². The first-order chi connectivity index (χ1) is 14.2. The Morgan fingerprint density at radius 3 is 2.30 bits per heavy atom.